The molecule has 0 aliphatic carbocycles. The SMILES string of the molecule is Cc1nn(-c2ccc(F)cc2)c2nc(CCC(C)C)nc(N3CCCN(C(=O)c4cccc5ccccc45)CC3)c12. The van der Waals surface area contributed by atoms with Gasteiger partial charge in [0.1, 0.15) is 17.5 Å². The summed E-state index contributed by atoms with van der Waals surface area (Å²) in [5, 5.41) is 7.77. The summed E-state index contributed by atoms with van der Waals surface area (Å²) >= 11 is 0. The standard InChI is InChI=1S/C33H35FN6O/c1-22(2)12-17-29-35-31(30-23(3)37-40(32(30)36-29)26-15-13-25(34)14-16-26)38-18-7-19-39(21-20-38)33(41)28-11-6-9-24-8-4-5-10-27(24)28/h4-6,8-11,13-16,22H,7,12,17-21H2,1-3H3. The molecule has 3 aromatic carbocycles. The summed E-state index contributed by atoms with van der Waals surface area (Å²) in [5.41, 5.74) is 3.05. The Balaban J connectivity index is 1.34. The summed E-state index contributed by atoms with van der Waals surface area (Å²) in [6.45, 7) is 9.08. The predicted molar refractivity (Wildman–Crippen MR) is 161 cm³/mol. The number of benzene rings is 3. The third kappa shape index (κ3) is 5.38. The summed E-state index contributed by atoms with van der Waals surface area (Å²) in [4.78, 5) is 28.0. The van der Waals surface area contributed by atoms with Gasteiger partial charge in [-0.15, -0.1) is 0 Å². The Labute approximate surface area is 239 Å². The van der Waals surface area contributed by atoms with Crippen molar-refractivity contribution in [1.82, 2.24) is 24.6 Å². The van der Waals surface area contributed by atoms with Gasteiger partial charge in [0.05, 0.1) is 16.8 Å². The number of carbonyl (C=O) groups excluding carboxylic acids is 1. The molecule has 2 aromatic heterocycles. The van der Waals surface area contributed by atoms with E-state index in [4.69, 9.17) is 15.1 Å². The van der Waals surface area contributed by atoms with Crippen LogP contribution in [-0.2, 0) is 6.42 Å². The predicted octanol–water partition coefficient (Wildman–Crippen LogP) is 6.36. The van der Waals surface area contributed by atoms with Crippen LogP contribution >= 0.6 is 0 Å². The second-order valence-electron chi connectivity index (χ2n) is 11.2. The van der Waals surface area contributed by atoms with Crippen LogP contribution in [0.25, 0.3) is 27.5 Å². The summed E-state index contributed by atoms with van der Waals surface area (Å²) in [6, 6.07) is 20.3. The van der Waals surface area contributed by atoms with Crippen molar-refractivity contribution in [3.8, 4) is 5.69 Å². The molecule has 5 aromatic rings. The lowest BCUT2D eigenvalue weighted by molar-refractivity contribution is 0.0769. The lowest BCUT2D eigenvalue weighted by Gasteiger charge is -2.24. The van der Waals surface area contributed by atoms with Crippen molar-refractivity contribution in [1.29, 1.82) is 0 Å². The number of amides is 1. The van der Waals surface area contributed by atoms with Crippen molar-refractivity contribution < 1.29 is 9.18 Å². The van der Waals surface area contributed by atoms with Gasteiger partial charge < -0.3 is 9.80 Å². The first-order chi connectivity index (χ1) is 19.9. The fraction of sp³-hybridized carbons (Fsp3) is 0.333. The van der Waals surface area contributed by atoms with E-state index in [2.05, 4.69) is 18.7 Å². The van der Waals surface area contributed by atoms with Gasteiger partial charge in [-0.3, -0.25) is 4.79 Å². The Bertz CT molecular complexity index is 1710. The van der Waals surface area contributed by atoms with Gasteiger partial charge in [0.2, 0.25) is 0 Å². The molecule has 41 heavy (non-hydrogen) atoms. The summed E-state index contributed by atoms with van der Waals surface area (Å²) in [6.07, 6.45) is 2.56. The Morgan fingerprint density at radius 1 is 0.927 bits per heavy atom. The second kappa shape index (κ2) is 11.3. The van der Waals surface area contributed by atoms with Gasteiger partial charge in [0, 0.05) is 38.2 Å². The molecule has 1 fully saturated rings. The minimum absolute atomic E-state index is 0.0643. The zero-order valence-electron chi connectivity index (χ0n) is 23.8. The van der Waals surface area contributed by atoms with Gasteiger partial charge in [-0.2, -0.15) is 5.10 Å². The van der Waals surface area contributed by atoms with E-state index < -0.39 is 0 Å². The maximum Gasteiger partial charge on any atom is 0.254 e. The van der Waals surface area contributed by atoms with Crippen molar-refractivity contribution in [3.63, 3.8) is 0 Å². The zero-order valence-corrected chi connectivity index (χ0v) is 23.8. The molecule has 0 atom stereocenters. The molecular formula is C33H35FN6O. The molecule has 0 spiro atoms. The van der Waals surface area contributed by atoms with Gasteiger partial charge in [-0.05, 0) is 66.8 Å². The fourth-order valence-corrected chi connectivity index (χ4v) is 5.64. The highest BCUT2D eigenvalue weighted by Crippen LogP contribution is 2.31. The highest BCUT2D eigenvalue weighted by molar-refractivity contribution is 6.07. The van der Waals surface area contributed by atoms with E-state index >= 15 is 0 Å². The molecule has 8 heteroatoms. The quantitative estimate of drug-likeness (QED) is 0.246. The highest BCUT2D eigenvalue weighted by atomic mass is 19.1. The van der Waals surface area contributed by atoms with Crippen LogP contribution in [0.15, 0.2) is 66.7 Å². The average molecular weight is 551 g/mol. The van der Waals surface area contributed by atoms with Crippen LogP contribution in [0.5, 0.6) is 0 Å². The fourth-order valence-electron chi connectivity index (χ4n) is 5.64. The first-order valence-electron chi connectivity index (χ1n) is 14.4. The Hall–Kier alpha value is -4.33. The van der Waals surface area contributed by atoms with Crippen molar-refractivity contribution >= 4 is 33.5 Å². The molecule has 1 aliphatic heterocycles. The number of halogens is 1. The molecule has 1 amide bonds. The third-order valence-corrected chi connectivity index (χ3v) is 7.85. The molecule has 0 N–H and O–H groups in total. The number of rotatable bonds is 6. The smallest absolute Gasteiger partial charge is 0.254 e. The van der Waals surface area contributed by atoms with E-state index in [0.717, 1.165) is 76.2 Å². The van der Waals surface area contributed by atoms with E-state index in [-0.39, 0.29) is 11.7 Å². The maximum atomic E-state index is 13.7. The minimum Gasteiger partial charge on any atom is -0.354 e. The van der Waals surface area contributed by atoms with Crippen molar-refractivity contribution in [3.05, 3.63) is 89.6 Å². The Morgan fingerprint density at radius 2 is 1.71 bits per heavy atom. The maximum absolute atomic E-state index is 13.7. The number of nitrogens with zero attached hydrogens (tertiary/aromatic N) is 6. The normalized spacial score (nSPS) is 14.3. The Kier molecular flexibility index (Phi) is 7.39. The van der Waals surface area contributed by atoms with E-state index in [1.54, 1.807) is 16.8 Å². The van der Waals surface area contributed by atoms with Crippen molar-refractivity contribution in [2.75, 3.05) is 31.1 Å². The number of aryl methyl sites for hydroxylation is 2. The van der Waals surface area contributed by atoms with Crippen LogP contribution in [0.3, 0.4) is 0 Å². The molecule has 0 unspecified atom stereocenters. The van der Waals surface area contributed by atoms with Crippen LogP contribution in [0.1, 0.15) is 48.6 Å². The number of hydrogen-bond donors (Lipinski definition) is 0. The lowest BCUT2D eigenvalue weighted by Crippen LogP contribution is -2.35. The number of aromatic nitrogens is 4. The van der Waals surface area contributed by atoms with Gasteiger partial charge in [0.15, 0.2) is 5.65 Å². The molecule has 7 nitrogen and oxygen atoms in total. The second-order valence-corrected chi connectivity index (χ2v) is 11.2. The molecule has 6 rings (SSSR count). The summed E-state index contributed by atoms with van der Waals surface area (Å²) in [5.74, 6) is 1.93. The number of fused-ring (bicyclic) bond motifs is 2. The van der Waals surface area contributed by atoms with Crippen LogP contribution in [0.4, 0.5) is 10.2 Å². The molecule has 1 saturated heterocycles. The third-order valence-electron chi connectivity index (χ3n) is 7.85. The molecular weight excluding hydrogens is 515 g/mol. The number of anilines is 1. The van der Waals surface area contributed by atoms with Crippen LogP contribution in [-0.4, -0.2) is 56.7 Å². The molecule has 3 heterocycles. The van der Waals surface area contributed by atoms with Crippen molar-refractivity contribution in [2.24, 2.45) is 5.92 Å². The van der Waals surface area contributed by atoms with Gasteiger partial charge >= 0.3 is 0 Å². The topological polar surface area (TPSA) is 67.2 Å². The van der Waals surface area contributed by atoms with Gasteiger partial charge in [-0.1, -0.05) is 50.2 Å². The monoisotopic (exact) mass is 550 g/mol. The molecule has 1 aliphatic rings. The first kappa shape index (κ1) is 26.9. The molecule has 210 valence electrons. The van der Waals surface area contributed by atoms with E-state index in [1.165, 1.54) is 12.1 Å². The number of hydrogen-bond acceptors (Lipinski definition) is 5. The van der Waals surface area contributed by atoms with Gasteiger partial charge in [0.25, 0.3) is 5.91 Å². The minimum atomic E-state index is -0.290. The van der Waals surface area contributed by atoms with Gasteiger partial charge in [-0.25, -0.2) is 19.0 Å². The van der Waals surface area contributed by atoms with Crippen LogP contribution < -0.4 is 4.90 Å². The molecule has 0 bridgehead atoms. The largest absolute Gasteiger partial charge is 0.354 e. The highest BCUT2D eigenvalue weighted by Gasteiger charge is 2.26. The molecule has 0 saturated carbocycles. The zero-order chi connectivity index (χ0) is 28.5. The lowest BCUT2D eigenvalue weighted by atomic mass is 10.0. The summed E-state index contributed by atoms with van der Waals surface area (Å²) < 4.78 is 15.5. The van der Waals surface area contributed by atoms with E-state index in [1.807, 2.05) is 54.3 Å². The molecule has 0 radical (unpaired) electrons. The van der Waals surface area contributed by atoms with E-state index in [9.17, 15) is 9.18 Å². The average Bonchev–Trinajstić information content (AvgIpc) is 3.14. The first-order valence-corrected chi connectivity index (χ1v) is 14.4. The number of carbonyl (C=O) groups is 1. The van der Waals surface area contributed by atoms with E-state index in [0.29, 0.717) is 25.6 Å². The van der Waals surface area contributed by atoms with Crippen LogP contribution in [0.2, 0.25) is 0 Å². The van der Waals surface area contributed by atoms with Crippen molar-refractivity contribution in [2.45, 2.75) is 40.0 Å². The summed E-state index contributed by atoms with van der Waals surface area (Å²) in [7, 11) is 0. The Morgan fingerprint density at radius 3 is 2.51 bits per heavy atom. The van der Waals surface area contributed by atoms with Crippen LogP contribution in [0, 0.1) is 18.7 Å².